The van der Waals surface area contributed by atoms with Crippen LogP contribution >= 0.6 is 0 Å². The monoisotopic (exact) mass is 283 g/mol. The van der Waals surface area contributed by atoms with Gasteiger partial charge >= 0.3 is 0 Å². The predicted molar refractivity (Wildman–Crippen MR) is 86.1 cm³/mol. The summed E-state index contributed by atoms with van der Waals surface area (Å²) in [5, 5.41) is 3.76. The molecule has 0 atom stereocenters. The van der Waals surface area contributed by atoms with Crippen molar-refractivity contribution in [1.29, 1.82) is 0 Å². The van der Waals surface area contributed by atoms with Crippen LogP contribution in [0.5, 0.6) is 5.75 Å². The Morgan fingerprint density at radius 3 is 2.48 bits per heavy atom. The highest BCUT2D eigenvalue weighted by molar-refractivity contribution is 5.28. The topological polar surface area (TPSA) is 21.3 Å². The normalized spacial score (nSPS) is 20.4. The molecule has 2 aliphatic rings. The van der Waals surface area contributed by atoms with Crippen LogP contribution in [0.2, 0.25) is 0 Å². The van der Waals surface area contributed by atoms with Crippen LogP contribution in [0.25, 0.3) is 0 Å². The predicted octanol–water partition coefficient (Wildman–Crippen LogP) is 3.90. The molecule has 0 spiro atoms. The minimum Gasteiger partial charge on any atom is -0.497 e. The Morgan fingerprint density at radius 2 is 1.86 bits per heavy atom. The minimum absolute atomic E-state index is 0.0563. The largest absolute Gasteiger partial charge is 0.497 e. The molecule has 2 aliphatic carbocycles. The summed E-state index contributed by atoms with van der Waals surface area (Å²) in [6.07, 6.45) is 8.97. The molecule has 21 heavy (non-hydrogen) atoms. The summed E-state index contributed by atoms with van der Waals surface area (Å²) in [5.74, 6) is 8.70. The van der Waals surface area contributed by atoms with E-state index in [1.165, 1.54) is 50.5 Å². The van der Waals surface area contributed by atoms with Gasteiger partial charge in [0.25, 0.3) is 0 Å². The van der Waals surface area contributed by atoms with Gasteiger partial charge in [0.2, 0.25) is 0 Å². The molecule has 1 aromatic rings. The van der Waals surface area contributed by atoms with E-state index in [9.17, 15) is 0 Å². The number of hydrogen-bond donors (Lipinski definition) is 1. The van der Waals surface area contributed by atoms with E-state index in [1.807, 2.05) is 12.1 Å². The van der Waals surface area contributed by atoms with E-state index < -0.39 is 0 Å². The van der Waals surface area contributed by atoms with Crippen molar-refractivity contribution in [3.63, 3.8) is 0 Å². The highest BCUT2D eigenvalue weighted by Crippen LogP contribution is 2.31. The second-order valence-electron chi connectivity index (χ2n) is 6.39. The molecular weight excluding hydrogens is 258 g/mol. The molecule has 0 unspecified atom stereocenters. The minimum atomic E-state index is 0.0563. The molecule has 0 aromatic heterocycles. The first kappa shape index (κ1) is 14.5. The molecule has 1 N–H and O–H groups in total. The van der Waals surface area contributed by atoms with E-state index in [2.05, 4.69) is 29.3 Å². The van der Waals surface area contributed by atoms with Crippen LogP contribution in [0.15, 0.2) is 24.3 Å². The Bertz CT molecular complexity index is 513. The lowest BCUT2D eigenvalue weighted by Gasteiger charge is -2.34. The number of rotatable bonds is 4. The van der Waals surface area contributed by atoms with Crippen LogP contribution in [-0.2, 0) is 6.54 Å². The molecule has 2 heteroatoms. The number of nitrogens with one attached hydrogen (secondary N) is 1. The Labute approximate surface area is 128 Å². The van der Waals surface area contributed by atoms with Gasteiger partial charge in [-0.2, -0.15) is 0 Å². The van der Waals surface area contributed by atoms with Crippen LogP contribution in [0.3, 0.4) is 0 Å². The lowest BCUT2D eigenvalue weighted by atomic mass is 9.82. The average molecular weight is 283 g/mol. The molecule has 0 saturated heterocycles. The standard InChI is InChI=1S/C19H25NO/c1-21-18-9-7-17(8-10-18)15-20-19(12-3-2-4-13-19)14-11-16-5-6-16/h7-10,16,20H,2-6,12-13,15H2,1H3. The summed E-state index contributed by atoms with van der Waals surface area (Å²) in [5.41, 5.74) is 1.36. The number of benzene rings is 1. The summed E-state index contributed by atoms with van der Waals surface area (Å²) in [7, 11) is 1.71. The molecule has 2 fully saturated rings. The fourth-order valence-electron chi connectivity index (χ4n) is 2.98. The Kier molecular flexibility index (Phi) is 4.51. The molecule has 1 aromatic carbocycles. The van der Waals surface area contributed by atoms with E-state index >= 15 is 0 Å². The lowest BCUT2D eigenvalue weighted by Crippen LogP contribution is -2.45. The van der Waals surface area contributed by atoms with E-state index in [4.69, 9.17) is 4.74 Å². The number of hydrogen-bond acceptors (Lipinski definition) is 2. The summed E-state index contributed by atoms with van der Waals surface area (Å²) in [4.78, 5) is 0. The van der Waals surface area contributed by atoms with Crippen LogP contribution in [0.4, 0.5) is 0 Å². The highest BCUT2D eigenvalue weighted by atomic mass is 16.5. The van der Waals surface area contributed by atoms with Crippen LogP contribution in [-0.4, -0.2) is 12.6 Å². The van der Waals surface area contributed by atoms with Gasteiger partial charge in [-0.3, -0.25) is 5.32 Å². The zero-order chi connectivity index (χ0) is 14.5. The molecule has 0 bridgehead atoms. The molecule has 112 valence electrons. The molecule has 0 amide bonds. The molecular formula is C19H25NO. The number of ether oxygens (including phenoxy) is 1. The van der Waals surface area contributed by atoms with Gasteiger partial charge in [-0.05, 0) is 43.4 Å². The molecule has 2 saturated carbocycles. The van der Waals surface area contributed by atoms with E-state index in [0.717, 1.165) is 12.3 Å². The van der Waals surface area contributed by atoms with Gasteiger partial charge in [0.05, 0.1) is 12.6 Å². The fourth-order valence-corrected chi connectivity index (χ4v) is 2.98. The van der Waals surface area contributed by atoms with Gasteiger partial charge in [-0.1, -0.05) is 43.2 Å². The SMILES string of the molecule is COc1ccc(CNC2(C#CC3CC3)CCCCC2)cc1. The molecule has 3 rings (SSSR count). The van der Waals surface area contributed by atoms with Crippen LogP contribution < -0.4 is 10.1 Å². The molecule has 2 nitrogen and oxygen atoms in total. The maximum Gasteiger partial charge on any atom is 0.118 e. The van der Waals surface area contributed by atoms with Crippen molar-refractivity contribution in [2.75, 3.05) is 7.11 Å². The summed E-state index contributed by atoms with van der Waals surface area (Å²) in [6.45, 7) is 0.892. The van der Waals surface area contributed by atoms with E-state index in [-0.39, 0.29) is 5.54 Å². The van der Waals surface area contributed by atoms with Gasteiger partial charge in [0, 0.05) is 12.5 Å². The molecule has 0 radical (unpaired) electrons. The van der Waals surface area contributed by atoms with Crippen molar-refractivity contribution in [2.45, 2.75) is 57.0 Å². The second-order valence-corrected chi connectivity index (χ2v) is 6.39. The van der Waals surface area contributed by atoms with Crippen molar-refractivity contribution in [3.8, 4) is 17.6 Å². The van der Waals surface area contributed by atoms with Crippen molar-refractivity contribution < 1.29 is 4.74 Å². The summed E-state index contributed by atoms with van der Waals surface area (Å²) >= 11 is 0. The first-order valence-electron chi connectivity index (χ1n) is 8.20. The van der Waals surface area contributed by atoms with Crippen molar-refractivity contribution >= 4 is 0 Å². The van der Waals surface area contributed by atoms with E-state index in [0.29, 0.717) is 5.92 Å². The molecule has 0 aliphatic heterocycles. The third-order valence-corrected chi connectivity index (χ3v) is 4.59. The quantitative estimate of drug-likeness (QED) is 0.846. The Hall–Kier alpha value is -1.46. The van der Waals surface area contributed by atoms with Gasteiger partial charge in [0.15, 0.2) is 0 Å². The smallest absolute Gasteiger partial charge is 0.118 e. The Balaban J connectivity index is 1.64. The second kappa shape index (κ2) is 6.54. The zero-order valence-corrected chi connectivity index (χ0v) is 13.0. The summed E-state index contributed by atoms with van der Waals surface area (Å²) in [6, 6.07) is 8.33. The third-order valence-electron chi connectivity index (χ3n) is 4.59. The first-order valence-corrected chi connectivity index (χ1v) is 8.20. The third kappa shape index (κ3) is 4.02. The highest BCUT2D eigenvalue weighted by Gasteiger charge is 2.30. The first-order chi connectivity index (χ1) is 10.3. The van der Waals surface area contributed by atoms with Crippen molar-refractivity contribution in [2.24, 2.45) is 5.92 Å². The van der Waals surface area contributed by atoms with Crippen LogP contribution in [0.1, 0.15) is 50.5 Å². The van der Waals surface area contributed by atoms with Crippen molar-refractivity contribution in [1.82, 2.24) is 5.32 Å². The van der Waals surface area contributed by atoms with Gasteiger partial charge in [-0.25, -0.2) is 0 Å². The maximum absolute atomic E-state index is 5.21. The van der Waals surface area contributed by atoms with Gasteiger partial charge < -0.3 is 4.74 Å². The Morgan fingerprint density at radius 1 is 1.14 bits per heavy atom. The lowest BCUT2D eigenvalue weighted by molar-refractivity contribution is 0.299. The maximum atomic E-state index is 5.21. The fraction of sp³-hybridized carbons (Fsp3) is 0.579. The average Bonchev–Trinajstić information content (AvgIpc) is 3.37. The zero-order valence-electron chi connectivity index (χ0n) is 13.0. The van der Waals surface area contributed by atoms with Crippen LogP contribution in [0, 0.1) is 17.8 Å². The van der Waals surface area contributed by atoms with Gasteiger partial charge in [-0.15, -0.1) is 0 Å². The van der Waals surface area contributed by atoms with Crippen molar-refractivity contribution in [3.05, 3.63) is 29.8 Å². The summed E-state index contributed by atoms with van der Waals surface area (Å²) < 4.78 is 5.21. The van der Waals surface area contributed by atoms with Gasteiger partial charge in [0.1, 0.15) is 5.75 Å². The number of methoxy groups -OCH3 is 1. The van der Waals surface area contributed by atoms with E-state index in [1.54, 1.807) is 7.11 Å². The molecule has 0 heterocycles.